The van der Waals surface area contributed by atoms with Gasteiger partial charge < -0.3 is 10.5 Å². The Balaban J connectivity index is 2.20. The number of benzene rings is 1. The zero-order valence-corrected chi connectivity index (χ0v) is 11.8. The van der Waals surface area contributed by atoms with Gasteiger partial charge in [-0.05, 0) is 31.2 Å². The molecule has 0 spiro atoms. The molecule has 0 radical (unpaired) electrons. The van der Waals surface area contributed by atoms with Crippen molar-refractivity contribution in [3.05, 3.63) is 36.0 Å². The van der Waals surface area contributed by atoms with Crippen molar-refractivity contribution < 1.29 is 13.2 Å². The van der Waals surface area contributed by atoms with E-state index in [1.807, 2.05) is 6.92 Å². The Bertz CT molecular complexity index is 664. The Kier molecular flexibility index (Phi) is 4.26. The van der Waals surface area contributed by atoms with E-state index in [1.165, 1.54) is 6.20 Å². The van der Waals surface area contributed by atoms with Gasteiger partial charge in [0, 0.05) is 17.8 Å². The van der Waals surface area contributed by atoms with Gasteiger partial charge in [-0.1, -0.05) is 0 Å². The molecule has 8 heteroatoms. The summed E-state index contributed by atoms with van der Waals surface area (Å²) in [6.45, 7) is 2.53. The van der Waals surface area contributed by atoms with Gasteiger partial charge in [0.05, 0.1) is 12.8 Å². The molecule has 2 rings (SSSR count). The summed E-state index contributed by atoms with van der Waals surface area (Å²) in [7, 11) is -3.73. The number of nitrogens with zero attached hydrogens (tertiary/aromatic N) is 1. The van der Waals surface area contributed by atoms with Crippen LogP contribution in [-0.4, -0.2) is 25.2 Å². The lowest BCUT2D eigenvalue weighted by molar-refractivity contribution is 0.340. The molecule has 0 aliphatic heterocycles. The van der Waals surface area contributed by atoms with Crippen LogP contribution in [0.15, 0.2) is 35.5 Å². The van der Waals surface area contributed by atoms with Gasteiger partial charge in [0.2, 0.25) is 0 Å². The summed E-state index contributed by atoms with van der Waals surface area (Å²) in [5.41, 5.74) is 6.34. The molecule has 1 aromatic carbocycles. The first-order valence-electron chi connectivity index (χ1n) is 6.05. The second-order valence-corrected chi connectivity index (χ2v) is 5.61. The van der Waals surface area contributed by atoms with Crippen LogP contribution in [0.3, 0.4) is 0 Å². The Morgan fingerprint density at radius 3 is 2.65 bits per heavy atom. The van der Waals surface area contributed by atoms with E-state index in [0.29, 0.717) is 23.6 Å². The number of sulfonamides is 1. The maximum atomic E-state index is 12.2. The zero-order valence-electron chi connectivity index (χ0n) is 11.0. The molecular formula is C12H16N4O3S. The molecular weight excluding hydrogens is 280 g/mol. The zero-order chi connectivity index (χ0) is 14.6. The van der Waals surface area contributed by atoms with Gasteiger partial charge in [0.15, 0.2) is 5.03 Å². The molecule has 0 aliphatic rings. The molecule has 0 saturated carbocycles. The summed E-state index contributed by atoms with van der Waals surface area (Å²) < 4.78 is 32.1. The van der Waals surface area contributed by atoms with Crippen molar-refractivity contribution in [1.82, 2.24) is 10.2 Å². The summed E-state index contributed by atoms with van der Waals surface area (Å²) >= 11 is 0. The number of rotatable bonds is 6. The van der Waals surface area contributed by atoms with Crippen molar-refractivity contribution >= 4 is 15.7 Å². The minimum Gasteiger partial charge on any atom is -0.494 e. The number of aromatic amines is 1. The molecule has 0 fully saturated rings. The monoisotopic (exact) mass is 296 g/mol. The van der Waals surface area contributed by atoms with E-state index < -0.39 is 10.0 Å². The minimum atomic E-state index is -3.73. The van der Waals surface area contributed by atoms with Crippen molar-refractivity contribution in [3.63, 3.8) is 0 Å². The summed E-state index contributed by atoms with van der Waals surface area (Å²) in [6.07, 6.45) is 1.40. The van der Waals surface area contributed by atoms with Crippen LogP contribution in [0.2, 0.25) is 0 Å². The van der Waals surface area contributed by atoms with Gasteiger partial charge in [-0.3, -0.25) is 9.82 Å². The highest BCUT2D eigenvalue weighted by atomic mass is 32.2. The van der Waals surface area contributed by atoms with Crippen LogP contribution in [0, 0.1) is 0 Å². The first-order chi connectivity index (χ1) is 9.56. The van der Waals surface area contributed by atoms with Crippen LogP contribution in [0.4, 0.5) is 5.69 Å². The number of aromatic nitrogens is 2. The lowest BCUT2D eigenvalue weighted by Gasteiger charge is -2.08. The standard InChI is InChI=1S/C12H16N4O3S/c1-2-19-11-5-3-10(4-6-11)16-20(17,18)12-9(7-13)8-14-15-12/h3-6,8,16H,2,7,13H2,1H3,(H,14,15). The second-order valence-electron chi connectivity index (χ2n) is 3.99. The highest BCUT2D eigenvalue weighted by molar-refractivity contribution is 7.92. The topological polar surface area (TPSA) is 110 Å². The summed E-state index contributed by atoms with van der Waals surface area (Å²) in [5.74, 6) is 0.680. The van der Waals surface area contributed by atoms with E-state index in [9.17, 15) is 8.42 Å². The van der Waals surface area contributed by atoms with Gasteiger partial charge in [-0.25, -0.2) is 0 Å². The van der Waals surface area contributed by atoms with Gasteiger partial charge in [-0.15, -0.1) is 0 Å². The van der Waals surface area contributed by atoms with Crippen LogP contribution >= 0.6 is 0 Å². The summed E-state index contributed by atoms with van der Waals surface area (Å²) in [5, 5.41) is 6.12. The number of anilines is 1. The van der Waals surface area contributed by atoms with Gasteiger partial charge >= 0.3 is 0 Å². The van der Waals surface area contributed by atoms with Crippen molar-refractivity contribution in [1.29, 1.82) is 0 Å². The molecule has 0 atom stereocenters. The first kappa shape index (κ1) is 14.4. The smallest absolute Gasteiger partial charge is 0.279 e. The van der Waals surface area contributed by atoms with E-state index in [1.54, 1.807) is 24.3 Å². The second kappa shape index (κ2) is 5.93. The number of hydrogen-bond acceptors (Lipinski definition) is 5. The molecule has 0 amide bonds. The number of nitrogens with one attached hydrogen (secondary N) is 2. The average molecular weight is 296 g/mol. The van der Waals surface area contributed by atoms with Crippen molar-refractivity contribution in [3.8, 4) is 5.75 Å². The van der Waals surface area contributed by atoms with Gasteiger partial charge in [-0.2, -0.15) is 13.5 Å². The quantitative estimate of drug-likeness (QED) is 0.738. The highest BCUT2D eigenvalue weighted by Crippen LogP contribution is 2.20. The molecule has 0 unspecified atom stereocenters. The van der Waals surface area contributed by atoms with E-state index in [-0.39, 0.29) is 11.6 Å². The molecule has 0 saturated heterocycles. The number of H-pyrrole nitrogens is 1. The lowest BCUT2D eigenvalue weighted by atomic mass is 10.3. The number of nitrogens with two attached hydrogens (primary N) is 1. The van der Waals surface area contributed by atoms with Crippen molar-refractivity contribution in [2.45, 2.75) is 18.5 Å². The molecule has 1 aromatic heterocycles. The molecule has 7 nitrogen and oxygen atoms in total. The molecule has 0 aliphatic carbocycles. The van der Waals surface area contributed by atoms with Crippen LogP contribution < -0.4 is 15.2 Å². The number of ether oxygens (including phenoxy) is 1. The third kappa shape index (κ3) is 3.09. The van der Waals surface area contributed by atoms with Crippen LogP contribution in [0.5, 0.6) is 5.75 Å². The fourth-order valence-electron chi connectivity index (χ4n) is 1.67. The Labute approximate surface area is 117 Å². The van der Waals surface area contributed by atoms with Crippen LogP contribution in [0.25, 0.3) is 0 Å². The van der Waals surface area contributed by atoms with E-state index in [4.69, 9.17) is 10.5 Å². The third-order valence-electron chi connectivity index (χ3n) is 2.58. The lowest BCUT2D eigenvalue weighted by Crippen LogP contribution is -2.16. The molecule has 0 bridgehead atoms. The highest BCUT2D eigenvalue weighted by Gasteiger charge is 2.20. The summed E-state index contributed by atoms with van der Waals surface area (Å²) in [4.78, 5) is 0. The predicted octanol–water partition coefficient (Wildman–Crippen LogP) is 1.07. The average Bonchev–Trinajstić information content (AvgIpc) is 2.90. The van der Waals surface area contributed by atoms with Crippen LogP contribution in [-0.2, 0) is 16.6 Å². The molecule has 20 heavy (non-hydrogen) atoms. The van der Waals surface area contributed by atoms with E-state index in [2.05, 4.69) is 14.9 Å². The first-order valence-corrected chi connectivity index (χ1v) is 7.53. The largest absolute Gasteiger partial charge is 0.494 e. The maximum absolute atomic E-state index is 12.2. The SMILES string of the molecule is CCOc1ccc(NS(=O)(=O)c2[nH]ncc2CN)cc1. The fourth-order valence-corrected chi connectivity index (χ4v) is 2.87. The molecule has 4 N–H and O–H groups in total. The Morgan fingerprint density at radius 1 is 1.35 bits per heavy atom. The molecule has 2 aromatic rings. The Hall–Kier alpha value is -2.06. The van der Waals surface area contributed by atoms with Crippen molar-refractivity contribution in [2.24, 2.45) is 5.73 Å². The fraction of sp³-hybridized carbons (Fsp3) is 0.250. The molecule has 1 heterocycles. The molecule has 108 valence electrons. The van der Waals surface area contributed by atoms with E-state index >= 15 is 0 Å². The minimum absolute atomic E-state index is 0.0196. The van der Waals surface area contributed by atoms with E-state index in [0.717, 1.165) is 0 Å². The van der Waals surface area contributed by atoms with Crippen molar-refractivity contribution in [2.75, 3.05) is 11.3 Å². The predicted molar refractivity (Wildman–Crippen MR) is 74.9 cm³/mol. The van der Waals surface area contributed by atoms with Crippen LogP contribution in [0.1, 0.15) is 12.5 Å². The summed E-state index contributed by atoms with van der Waals surface area (Å²) in [6, 6.07) is 6.64. The third-order valence-corrected chi connectivity index (χ3v) is 3.98. The normalized spacial score (nSPS) is 11.3. The maximum Gasteiger partial charge on any atom is 0.279 e. The van der Waals surface area contributed by atoms with Gasteiger partial charge in [0.1, 0.15) is 5.75 Å². The Morgan fingerprint density at radius 2 is 2.05 bits per heavy atom. The van der Waals surface area contributed by atoms with Gasteiger partial charge in [0.25, 0.3) is 10.0 Å². The number of hydrogen-bond donors (Lipinski definition) is 3.